The maximum absolute atomic E-state index is 9.73. The van der Waals surface area contributed by atoms with Gasteiger partial charge in [-0.25, -0.2) is 0 Å². The Bertz CT molecular complexity index is 316. The maximum atomic E-state index is 9.73. The molecular weight excluding hydrogens is 164 g/mol. The Labute approximate surface area is 78.8 Å². The topological polar surface area (TPSA) is 40.5 Å². The second-order valence-electron chi connectivity index (χ2n) is 3.41. The molecule has 0 aliphatic heterocycles. The standard InChI is InChI=1S/C11H16O2/c1-4-5-9-7(2)6-10(12)8(3)11(9)13/h6,12-13H,4-5H2,1-3H3. The number of hydrogen-bond acceptors (Lipinski definition) is 2. The third kappa shape index (κ3) is 1.77. The van der Waals surface area contributed by atoms with Crippen LogP contribution in [-0.4, -0.2) is 10.2 Å². The fourth-order valence-corrected chi connectivity index (χ4v) is 1.50. The first kappa shape index (κ1) is 9.90. The second-order valence-corrected chi connectivity index (χ2v) is 3.41. The van der Waals surface area contributed by atoms with Gasteiger partial charge in [0.25, 0.3) is 0 Å². The second kappa shape index (κ2) is 3.69. The van der Waals surface area contributed by atoms with Gasteiger partial charge in [-0.3, -0.25) is 0 Å². The molecule has 0 aliphatic carbocycles. The van der Waals surface area contributed by atoms with E-state index in [1.807, 2.05) is 6.92 Å². The van der Waals surface area contributed by atoms with Gasteiger partial charge in [-0.05, 0) is 37.5 Å². The van der Waals surface area contributed by atoms with Gasteiger partial charge in [-0.15, -0.1) is 0 Å². The third-order valence-electron chi connectivity index (χ3n) is 2.35. The van der Waals surface area contributed by atoms with Crippen LogP contribution < -0.4 is 0 Å². The molecule has 0 aliphatic rings. The summed E-state index contributed by atoms with van der Waals surface area (Å²) in [5, 5.41) is 19.1. The van der Waals surface area contributed by atoms with Gasteiger partial charge in [-0.1, -0.05) is 13.3 Å². The van der Waals surface area contributed by atoms with Crippen LogP contribution in [0.3, 0.4) is 0 Å². The largest absolute Gasteiger partial charge is 0.508 e. The lowest BCUT2D eigenvalue weighted by molar-refractivity contribution is 0.437. The summed E-state index contributed by atoms with van der Waals surface area (Å²) in [5.41, 5.74) is 2.49. The number of benzene rings is 1. The number of aryl methyl sites for hydroxylation is 1. The molecular formula is C11H16O2. The Morgan fingerprint density at radius 1 is 1.23 bits per heavy atom. The third-order valence-corrected chi connectivity index (χ3v) is 2.35. The smallest absolute Gasteiger partial charge is 0.125 e. The zero-order valence-electron chi connectivity index (χ0n) is 8.39. The quantitative estimate of drug-likeness (QED) is 0.734. The molecule has 0 heterocycles. The van der Waals surface area contributed by atoms with Crippen molar-refractivity contribution in [2.75, 3.05) is 0 Å². The van der Waals surface area contributed by atoms with Crippen LogP contribution in [0, 0.1) is 13.8 Å². The van der Waals surface area contributed by atoms with Crippen molar-refractivity contribution >= 4 is 0 Å². The van der Waals surface area contributed by atoms with Gasteiger partial charge in [0.2, 0.25) is 0 Å². The predicted molar refractivity (Wildman–Crippen MR) is 53.2 cm³/mol. The van der Waals surface area contributed by atoms with Crippen LogP contribution in [-0.2, 0) is 6.42 Å². The van der Waals surface area contributed by atoms with E-state index in [2.05, 4.69) is 6.92 Å². The molecule has 1 aromatic carbocycles. The van der Waals surface area contributed by atoms with Crippen molar-refractivity contribution in [2.24, 2.45) is 0 Å². The van der Waals surface area contributed by atoms with E-state index < -0.39 is 0 Å². The summed E-state index contributed by atoms with van der Waals surface area (Å²) in [6.07, 6.45) is 1.86. The van der Waals surface area contributed by atoms with Gasteiger partial charge in [0.05, 0.1) is 0 Å². The van der Waals surface area contributed by atoms with Crippen LogP contribution in [0.4, 0.5) is 0 Å². The highest BCUT2D eigenvalue weighted by molar-refractivity contribution is 5.51. The molecule has 0 aromatic heterocycles. The highest BCUT2D eigenvalue weighted by atomic mass is 16.3. The van der Waals surface area contributed by atoms with Crippen LogP contribution >= 0.6 is 0 Å². The Kier molecular flexibility index (Phi) is 2.81. The normalized spacial score (nSPS) is 10.4. The van der Waals surface area contributed by atoms with Gasteiger partial charge in [0.1, 0.15) is 11.5 Å². The summed E-state index contributed by atoms with van der Waals surface area (Å²) in [4.78, 5) is 0. The monoisotopic (exact) mass is 180 g/mol. The van der Waals surface area contributed by atoms with Gasteiger partial charge in [-0.2, -0.15) is 0 Å². The average molecular weight is 180 g/mol. The van der Waals surface area contributed by atoms with E-state index in [0.717, 1.165) is 24.0 Å². The fraction of sp³-hybridized carbons (Fsp3) is 0.455. The highest BCUT2D eigenvalue weighted by Crippen LogP contribution is 2.33. The molecule has 0 spiro atoms. The fourth-order valence-electron chi connectivity index (χ4n) is 1.50. The van der Waals surface area contributed by atoms with Crippen molar-refractivity contribution in [3.63, 3.8) is 0 Å². The lowest BCUT2D eigenvalue weighted by Gasteiger charge is -2.11. The summed E-state index contributed by atoms with van der Waals surface area (Å²) >= 11 is 0. The molecule has 0 saturated carbocycles. The van der Waals surface area contributed by atoms with Crippen LogP contribution in [0.1, 0.15) is 30.0 Å². The van der Waals surface area contributed by atoms with Gasteiger partial charge < -0.3 is 10.2 Å². The van der Waals surface area contributed by atoms with Gasteiger partial charge in [0, 0.05) is 5.56 Å². The summed E-state index contributed by atoms with van der Waals surface area (Å²) in [6.45, 7) is 5.70. The first-order valence-electron chi connectivity index (χ1n) is 4.59. The minimum Gasteiger partial charge on any atom is -0.508 e. The number of hydrogen-bond donors (Lipinski definition) is 2. The molecule has 72 valence electrons. The van der Waals surface area contributed by atoms with Gasteiger partial charge in [0.15, 0.2) is 0 Å². The first-order chi connectivity index (χ1) is 6.07. The lowest BCUT2D eigenvalue weighted by Crippen LogP contribution is -1.92. The van der Waals surface area contributed by atoms with E-state index in [1.165, 1.54) is 0 Å². The van der Waals surface area contributed by atoms with E-state index in [0.29, 0.717) is 5.56 Å². The van der Waals surface area contributed by atoms with Crippen molar-refractivity contribution in [3.05, 3.63) is 22.8 Å². The minimum absolute atomic E-state index is 0.176. The summed E-state index contributed by atoms with van der Waals surface area (Å²) in [5.74, 6) is 0.425. The van der Waals surface area contributed by atoms with E-state index in [9.17, 15) is 10.2 Å². The Hall–Kier alpha value is -1.18. The molecule has 0 amide bonds. The van der Waals surface area contributed by atoms with Crippen LogP contribution in [0.5, 0.6) is 11.5 Å². The molecule has 0 fully saturated rings. The average Bonchev–Trinajstić information content (AvgIpc) is 2.09. The lowest BCUT2D eigenvalue weighted by atomic mass is 9.99. The molecule has 0 radical (unpaired) electrons. The highest BCUT2D eigenvalue weighted by Gasteiger charge is 2.10. The Morgan fingerprint density at radius 2 is 1.85 bits per heavy atom. The Balaban J connectivity index is 3.26. The van der Waals surface area contributed by atoms with Crippen molar-refractivity contribution in [1.29, 1.82) is 0 Å². The van der Waals surface area contributed by atoms with Crippen molar-refractivity contribution in [2.45, 2.75) is 33.6 Å². The molecule has 1 aromatic rings. The van der Waals surface area contributed by atoms with E-state index >= 15 is 0 Å². The molecule has 0 bridgehead atoms. The van der Waals surface area contributed by atoms with E-state index in [1.54, 1.807) is 13.0 Å². The van der Waals surface area contributed by atoms with Crippen molar-refractivity contribution < 1.29 is 10.2 Å². The zero-order chi connectivity index (χ0) is 10.0. The molecule has 2 nitrogen and oxygen atoms in total. The molecule has 0 unspecified atom stereocenters. The molecule has 1 rings (SSSR count). The van der Waals surface area contributed by atoms with E-state index in [-0.39, 0.29) is 11.5 Å². The summed E-state index contributed by atoms with van der Waals surface area (Å²) in [6, 6.07) is 1.71. The number of phenols is 2. The van der Waals surface area contributed by atoms with Crippen molar-refractivity contribution in [1.82, 2.24) is 0 Å². The molecule has 13 heavy (non-hydrogen) atoms. The van der Waals surface area contributed by atoms with Crippen LogP contribution in [0.2, 0.25) is 0 Å². The molecule has 0 atom stereocenters. The van der Waals surface area contributed by atoms with E-state index in [4.69, 9.17) is 0 Å². The first-order valence-corrected chi connectivity index (χ1v) is 4.59. The number of phenolic OH excluding ortho intramolecular Hbond substituents is 2. The minimum atomic E-state index is 0.176. The molecule has 2 N–H and O–H groups in total. The molecule has 2 heteroatoms. The van der Waals surface area contributed by atoms with Crippen molar-refractivity contribution in [3.8, 4) is 11.5 Å². The summed E-state index contributed by atoms with van der Waals surface area (Å²) in [7, 11) is 0. The maximum Gasteiger partial charge on any atom is 0.125 e. The predicted octanol–water partition coefficient (Wildman–Crippen LogP) is 2.67. The van der Waals surface area contributed by atoms with Crippen LogP contribution in [0.15, 0.2) is 6.07 Å². The SMILES string of the molecule is CCCc1c(C)cc(O)c(C)c1O. The zero-order valence-corrected chi connectivity index (χ0v) is 8.39. The number of aromatic hydroxyl groups is 2. The Morgan fingerprint density at radius 3 is 2.38 bits per heavy atom. The number of rotatable bonds is 2. The van der Waals surface area contributed by atoms with Crippen LogP contribution in [0.25, 0.3) is 0 Å². The molecule has 0 saturated heterocycles. The van der Waals surface area contributed by atoms with Gasteiger partial charge >= 0.3 is 0 Å². The summed E-state index contributed by atoms with van der Waals surface area (Å²) < 4.78 is 0.